The first-order valence-corrected chi connectivity index (χ1v) is 7.00. The minimum absolute atomic E-state index is 0.0221. The summed E-state index contributed by atoms with van der Waals surface area (Å²) in [5.74, 6) is 0.0221. The molecule has 17 heavy (non-hydrogen) atoms. The first kappa shape index (κ1) is 14.5. The second-order valence-electron chi connectivity index (χ2n) is 5.09. The first-order chi connectivity index (χ1) is 8.24. The summed E-state index contributed by atoms with van der Waals surface area (Å²) in [6.45, 7) is 0.678. The fraction of sp³-hybridized carbons (Fsp3) is 0.923. The van der Waals surface area contributed by atoms with Gasteiger partial charge in [-0.05, 0) is 32.2 Å². The molecule has 0 heterocycles. The number of hydrogen-bond donors (Lipinski definition) is 3. The highest BCUT2D eigenvalue weighted by atomic mass is 16.2. The SMILES string of the molecule is NCCCC[C@H](N)C(=O)NC1CCCCCC1. The lowest BCUT2D eigenvalue weighted by molar-refractivity contribution is -0.123. The minimum Gasteiger partial charge on any atom is -0.352 e. The van der Waals surface area contributed by atoms with E-state index in [1.165, 1.54) is 25.7 Å². The normalized spacial score (nSPS) is 19.6. The van der Waals surface area contributed by atoms with Crippen LogP contribution in [-0.2, 0) is 4.79 Å². The maximum Gasteiger partial charge on any atom is 0.237 e. The summed E-state index contributed by atoms with van der Waals surface area (Å²) in [6, 6.07) is -0.00429. The molecule has 0 bridgehead atoms. The van der Waals surface area contributed by atoms with Crippen molar-refractivity contribution in [2.75, 3.05) is 6.54 Å². The van der Waals surface area contributed by atoms with Gasteiger partial charge in [0, 0.05) is 6.04 Å². The summed E-state index contributed by atoms with van der Waals surface area (Å²) in [5.41, 5.74) is 11.3. The van der Waals surface area contributed by atoms with Crippen molar-refractivity contribution in [3.63, 3.8) is 0 Å². The molecule has 1 aliphatic rings. The summed E-state index contributed by atoms with van der Waals surface area (Å²) in [4.78, 5) is 11.9. The highest BCUT2D eigenvalue weighted by Crippen LogP contribution is 2.17. The van der Waals surface area contributed by atoms with Gasteiger partial charge in [0.1, 0.15) is 0 Å². The van der Waals surface area contributed by atoms with Crippen LogP contribution in [0.15, 0.2) is 0 Å². The van der Waals surface area contributed by atoms with Gasteiger partial charge >= 0.3 is 0 Å². The summed E-state index contributed by atoms with van der Waals surface area (Å²) in [6.07, 6.45) is 9.92. The lowest BCUT2D eigenvalue weighted by Crippen LogP contribution is -2.45. The second kappa shape index (κ2) is 8.48. The molecule has 1 atom stereocenters. The van der Waals surface area contributed by atoms with Crippen molar-refractivity contribution in [2.24, 2.45) is 11.5 Å². The summed E-state index contributed by atoms with van der Waals surface area (Å²) >= 11 is 0. The Kier molecular flexibility index (Phi) is 7.21. The van der Waals surface area contributed by atoms with Gasteiger partial charge in [0.15, 0.2) is 0 Å². The molecule has 0 aromatic carbocycles. The van der Waals surface area contributed by atoms with Gasteiger partial charge < -0.3 is 16.8 Å². The van der Waals surface area contributed by atoms with E-state index in [0.29, 0.717) is 12.6 Å². The molecule has 0 unspecified atom stereocenters. The Morgan fingerprint density at radius 2 is 1.82 bits per heavy atom. The topological polar surface area (TPSA) is 81.1 Å². The number of nitrogens with two attached hydrogens (primary N) is 2. The molecule has 1 aliphatic carbocycles. The molecular weight excluding hydrogens is 214 g/mol. The van der Waals surface area contributed by atoms with Crippen LogP contribution in [0.3, 0.4) is 0 Å². The molecule has 4 heteroatoms. The van der Waals surface area contributed by atoms with E-state index in [1.54, 1.807) is 0 Å². The first-order valence-electron chi connectivity index (χ1n) is 7.00. The van der Waals surface area contributed by atoms with E-state index in [0.717, 1.165) is 32.1 Å². The van der Waals surface area contributed by atoms with Crippen LogP contribution in [-0.4, -0.2) is 24.5 Å². The lowest BCUT2D eigenvalue weighted by atomic mass is 10.1. The Hall–Kier alpha value is -0.610. The molecule has 0 aromatic rings. The van der Waals surface area contributed by atoms with Gasteiger partial charge in [-0.2, -0.15) is 0 Å². The smallest absolute Gasteiger partial charge is 0.237 e. The van der Waals surface area contributed by atoms with Gasteiger partial charge in [-0.15, -0.1) is 0 Å². The third-order valence-electron chi connectivity index (χ3n) is 3.51. The third-order valence-corrected chi connectivity index (χ3v) is 3.51. The molecule has 0 saturated heterocycles. The highest BCUT2D eigenvalue weighted by Gasteiger charge is 2.18. The van der Waals surface area contributed by atoms with Crippen LogP contribution in [0.4, 0.5) is 0 Å². The molecule has 1 saturated carbocycles. The van der Waals surface area contributed by atoms with E-state index in [-0.39, 0.29) is 11.9 Å². The maximum atomic E-state index is 11.9. The molecule has 5 N–H and O–H groups in total. The largest absolute Gasteiger partial charge is 0.352 e. The summed E-state index contributed by atoms with van der Waals surface area (Å²) in [7, 11) is 0. The molecule has 1 fully saturated rings. The van der Waals surface area contributed by atoms with Crippen LogP contribution in [0, 0.1) is 0 Å². The van der Waals surface area contributed by atoms with Gasteiger partial charge in [-0.1, -0.05) is 32.1 Å². The van der Waals surface area contributed by atoms with Crippen molar-refractivity contribution in [1.29, 1.82) is 0 Å². The Morgan fingerprint density at radius 1 is 1.18 bits per heavy atom. The van der Waals surface area contributed by atoms with Crippen molar-refractivity contribution in [1.82, 2.24) is 5.32 Å². The van der Waals surface area contributed by atoms with Crippen LogP contribution >= 0.6 is 0 Å². The second-order valence-corrected chi connectivity index (χ2v) is 5.09. The molecule has 1 rings (SSSR count). The van der Waals surface area contributed by atoms with Crippen molar-refractivity contribution in [2.45, 2.75) is 69.9 Å². The van der Waals surface area contributed by atoms with Gasteiger partial charge in [-0.3, -0.25) is 4.79 Å². The standard InChI is InChI=1S/C13H27N3O/c14-10-6-5-9-12(15)13(17)16-11-7-3-1-2-4-8-11/h11-12H,1-10,14-15H2,(H,16,17)/t12-/m0/s1. The molecule has 0 aliphatic heterocycles. The fourth-order valence-corrected chi connectivity index (χ4v) is 2.37. The lowest BCUT2D eigenvalue weighted by Gasteiger charge is -2.19. The van der Waals surface area contributed by atoms with Crippen molar-refractivity contribution < 1.29 is 4.79 Å². The molecule has 0 radical (unpaired) electrons. The van der Waals surface area contributed by atoms with E-state index in [1.807, 2.05) is 0 Å². The predicted molar refractivity (Wildman–Crippen MR) is 70.5 cm³/mol. The van der Waals surface area contributed by atoms with Crippen LogP contribution in [0.1, 0.15) is 57.8 Å². The van der Waals surface area contributed by atoms with Crippen LogP contribution in [0.5, 0.6) is 0 Å². The predicted octanol–water partition coefficient (Wildman–Crippen LogP) is 1.28. The highest BCUT2D eigenvalue weighted by molar-refractivity contribution is 5.81. The van der Waals surface area contributed by atoms with Gasteiger partial charge in [0.05, 0.1) is 6.04 Å². The Labute approximate surface area is 105 Å². The zero-order chi connectivity index (χ0) is 12.5. The number of carbonyl (C=O) groups is 1. The third kappa shape index (κ3) is 6.03. The number of carbonyl (C=O) groups excluding carboxylic acids is 1. The summed E-state index contributed by atoms with van der Waals surface area (Å²) < 4.78 is 0. The van der Waals surface area contributed by atoms with E-state index in [4.69, 9.17) is 11.5 Å². The zero-order valence-electron chi connectivity index (χ0n) is 10.8. The quantitative estimate of drug-likeness (QED) is 0.484. The zero-order valence-corrected chi connectivity index (χ0v) is 10.8. The van der Waals surface area contributed by atoms with Gasteiger partial charge in [0.2, 0.25) is 5.91 Å². The average molecular weight is 241 g/mol. The molecule has 0 aromatic heterocycles. The molecular formula is C13H27N3O. The maximum absolute atomic E-state index is 11.9. The van der Waals surface area contributed by atoms with E-state index in [9.17, 15) is 4.79 Å². The van der Waals surface area contributed by atoms with Crippen LogP contribution in [0.25, 0.3) is 0 Å². The van der Waals surface area contributed by atoms with Crippen molar-refractivity contribution in [3.05, 3.63) is 0 Å². The van der Waals surface area contributed by atoms with Crippen molar-refractivity contribution in [3.8, 4) is 0 Å². The monoisotopic (exact) mass is 241 g/mol. The van der Waals surface area contributed by atoms with E-state index < -0.39 is 0 Å². The number of rotatable bonds is 6. The molecule has 1 amide bonds. The Balaban J connectivity index is 2.21. The Bertz CT molecular complexity index is 213. The van der Waals surface area contributed by atoms with Crippen molar-refractivity contribution >= 4 is 5.91 Å². The average Bonchev–Trinajstić information content (AvgIpc) is 2.57. The summed E-state index contributed by atoms with van der Waals surface area (Å²) in [5, 5.41) is 3.09. The fourth-order valence-electron chi connectivity index (χ4n) is 2.37. The number of hydrogen-bond acceptors (Lipinski definition) is 3. The minimum atomic E-state index is -0.357. The Morgan fingerprint density at radius 3 is 2.41 bits per heavy atom. The number of unbranched alkanes of at least 4 members (excludes halogenated alkanes) is 1. The van der Waals surface area contributed by atoms with E-state index in [2.05, 4.69) is 5.32 Å². The number of amides is 1. The molecule has 0 spiro atoms. The van der Waals surface area contributed by atoms with E-state index >= 15 is 0 Å². The van der Waals surface area contributed by atoms with Crippen LogP contribution in [0.2, 0.25) is 0 Å². The molecule has 4 nitrogen and oxygen atoms in total. The van der Waals surface area contributed by atoms with Crippen LogP contribution < -0.4 is 16.8 Å². The van der Waals surface area contributed by atoms with Gasteiger partial charge in [0.25, 0.3) is 0 Å². The molecule has 100 valence electrons. The number of nitrogens with one attached hydrogen (secondary N) is 1. The van der Waals surface area contributed by atoms with Gasteiger partial charge in [-0.25, -0.2) is 0 Å².